The lowest BCUT2D eigenvalue weighted by Crippen LogP contribution is -2.52. The lowest BCUT2D eigenvalue weighted by atomic mass is 9.82. The van der Waals surface area contributed by atoms with Crippen LogP contribution >= 0.6 is 0 Å². The molecule has 3 amide bonds. The number of anilines is 2. The molecule has 3 aliphatic rings. The van der Waals surface area contributed by atoms with Crippen LogP contribution in [0.4, 0.5) is 11.4 Å². The van der Waals surface area contributed by atoms with Crippen LogP contribution in [0.1, 0.15) is 42.9 Å². The van der Waals surface area contributed by atoms with Gasteiger partial charge in [-0.05, 0) is 78.5 Å². The summed E-state index contributed by atoms with van der Waals surface area (Å²) in [6.07, 6.45) is 1.24. The smallest absolute Gasteiger partial charge is 0.264 e. The SMILES string of the molecule is COc1ccc([Si](C)(C)[C@@H]2[C@@H](CC(=O)N(CCO)Cc3ccccc3)O[C@]3(C(=O)N(Cc4ccc(NC(=O)[C@H]5CCCN5)cc4)c4ccc(OC)cc43)[C@H]2C)cc1. The number of carbonyl (C=O) groups excluding carboxylic acids is 3. The summed E-state index contributed by atoms with van der Waals surface area (Å²) in [6, 6.07) is 31.0. The van der Waals surface area contributed by atoms with E-state index in [2.05, 4.69) is 42.8 Å². The molecule has 5 atom stereocenters. The number of aliphatic hydroxyl groups is 1. The van der Waals surface area contributed by atoms with Gasteiger partial charge < -0.3 is 39.8 Å². The Hall–Kier alpha value is -5.01. The van der Waals surface area contributed by atoms with Crippen LogP contribution in [0.3, 0.4) is 0 Å². The number of amides is 3. The van der Waals surface area contributed by atoms with Crippen molar-refractivity contribution in [3.8, 4) is 11.5 Å². The Morgan fingerprint density at radius 1 is 0.965 bits per heavy atom. The third-order valence-corrected chi connectivity index (χ3v) is 16.7. The molecular formula is C45H54N4O7Si. The van der Waals surface area contributed by atoms with Gasteiger partial charge in [0.25, 0.3) is 5.91 Å². The summed E-state index contributed by atoms with van der Waals surface area (Å²) in [4.78, 5) is 45.9. The molecule has 57 heavy (non-hydrogen) atoms. The summed E-state index contributed by atoms with van der Waals surface area (Å²) in [5, 5.41) is 17.4. The first-order valence-corrected chi connectivity index (χ1v) is 23.0. The average Bonchev–Trinajstić information content (AvgIpc) is 3.93. The minimum absolute atomic E-state index is 0.0459. The van der Waals surface area contributed by atoms with Crippen LogP contribution in [-0.2, 0) is 37.8 Å². The highest BCUT2D eigenvalue weighted by Gasteiger charge is 2.66. The maximum Gasteiger partial charge on any atom is 0.264 e. The zero-order valence-electron chi connectivity index (χ0n) is 33.5. The van der Waals surface area contributed by atoms with Crippen molar-refractivity contribution >= 4 is 42.4 Å². The van der Waals surface area contributed by atoms with Crippen molar-refractivity contribution in [2.24, 2.45) is 5.92 Å². The Labute approximate surface area is 336 Å². The molecule has 2 fully saturated rings. The molecule has 0 aliphatic carbocycles. The second-order valence-corrected chi connectivity index (χ2v) is 20.7. The molecule has 300 valence electrons. The van der Waals surface area contributed by atoms with Crippen molar-refractivity contribution in [1.82, 2.24) is 10.2 Å². The van der Waals surface area contributed by atoms with Gasteiger partial charge in [0, 0.05) is 30.3 Å². The zero-order valence-corrected chi connectivity index (χ0v) is 34.5. The highest BCUT2D eigenvalue weighted by Crippen LogP contribution is 2.60. The van der Waals surface area contributed by atoms with E-state index in [1.165, 1.54) is 5.19 Å². The number of fused-ring (bicyclic) bond motifs is 2. The summed E-state index contributed by atoms with van der Waals surface area (Å²) >= 11 is 0. The van der Waals surface area contributed by atoms with Crippen molar-refractivity contribution in [3.05, 3.63) is 114 Å². The summed E-state index contributed by atoms with van der Waals surface area (Å²) in [6.45, 7) is 8.16. The Bertz CT molecular complexity index is 2060. The third-order valence-electron chi connectivity index (χ3n) is 12.3. The van der Waals surface area contributed by atoms with Crippen LogP contribution in [0.2, 0.25) is 18.6 Å². The van der Waals surface area contributed by atoms with Crippen molar-refractivity contribution in [2.45, 2.75) is 75.7 Å². The molecule has 0 radical (unpaired) electrons. The van der Waals surface area contributed by atoms with Gasteiger partial charge in [-0.25, -0.2) is 0 Å². The molecule has 0 saturated carbocycles. The van der Waals surface area contributed by atoms with E-state index in [9.17, 15) is 14.7 Å². The van der Waals surface area contributed by atoms with Crippen LogP contribution in [-0.4, -0.2) is 81.9 Å². The number of benzene rings is 4. The monoisotopic (exact) mass is 790 g/mol. The first-order chi connectivity index (χ1) is 27.5. The van der Waals surface area contributed by atoms with Crippen LogP contribution < -0.4 is 30.2 Å². The lowest BCUT2D eigenvalue weighted by molar-refractivity contribution is -0.150. The molecule has 2 saturated heterocycles. The van der Waals surface area contributed by atoms with Gasteiger partial charge >= 0.3 is 0 Å². The van der Waals surface area contributed by atoms with Gasteiger partial charge in [-0.15, -0.1) is 0 Å². The van der Waals surface area contributed by atoms with E-state index in [4.69, 9.17) is 14.2 Å². The van der Waals surface area contributed by atoms with Crippen molar-refractivity contribution in [2.75, 3.05) is 44.1 Å². The van der Waals surface area contributed by atoms with E-state index in [-0.39, 0.29) is 61.3 Å². The van der Waals surface area contributed by atoms with E-state index in [1.807, 2.05) is 84.9 Å². The first-order valence-electron chi connectivity index (χ1n) is 19.9. The van der Waals surface area contributed by atoms with Crippen molar-refractivity contribution in [1.29, 1.82) is 0 Å². The lowest BCUT2D eigenvalue weighted by Gasteiger charge is -2.37. The summed E-state index contributed by atoms with van der Waals surface area (Å²) in [7, 11) is 0.719. The predicted octanol–water partition coefficient (Wildman–Crippen LogP) is 5.57. The number of hydrogen-bond acceptors (Lipinski definition) is 8. The van der Waals surface area contributed by atoms with Gasteiger partial charge in [0.05, 0.1) is 59.7 Å². The topological polar surface area (TPSA) is 130 Å². The number of nitrogens with zero attached hydrogens (tertiary/aromatic N) is 2. The standard InChI is InChI=1S/C45H54N4O7Si/c1-30-42(57(4,5)36-20-17-34(54-2)18-21-36)40(27-41(51)48(24-25-50)28-31-10-7-6-8-11-31)56-45(30)37-26-35(55-3)19-22-39(37)49(44(45)53)29-32-13-15-33(16-14-32)47-43(52)38-12-9-23-46-38/h6-8,10-11,13-22,26,30,38,40,42,46,50H,9,12,23-25,27-29H2,1-5H3,(H,47,52)/t30-,38+,40+,42-,45+/m0/s1. The summed E-state index contributed by atoms with van der Waals surface area (Å²) < 4.78 is 18.5. The largest absolute Gasteiger partial charge is 0.497 e. The Morgan fingerprint density at radius 2 is 1.67 bits per heavy atom. The fraction of sp³-hybridized carbons (Fsp3) is 0.400. The van der Waals surface area contributed by atoms with E-state index in [0.717, 1.165) is 47.5 Å². The highest BCUT2D eigenvalue weighted by molar-refractivity contribution is 6.91. The Morgan fingerprint density at radius 3 is 2.32 bits per heavy atom. The van der Waals surface area contributed by atoms with Gasteiger partial charge in [-0.2, -0.15) is 0 Å². The molecule has 4 aromatic rings. The molecule has 0 aromatic heterocycles. The van der Waals surface area contributed by atoms with Crippen molar-refractivity contribution < 1.29 is 33.7 Å². The van der Waals surface area contributed by atoms with Gasteiger partial charge in [0.15, 0.2) is 5.60 Å². The molecule has 3 N–H and O–H groups in total. The summed E-state index contributed by atoms with van der Waals surface area (Å²) in [5.41, 5.74) is 2.46. The molecule has 3 heterocycles. The minimum Gasteiger partial charge on any atom is -0.497 e. The Kier molecular flexibility index (Phi) is 11.9. The molecule has 0 unspecified atom stereocenters. The fourth-order valence-corrected chi connectivity index (χ4v) is 13.3. The van der Waals surface area contributed by atoms with Gasteiger partial charge in [0.2, 0.25) is 11.8 Å². The quantitative estimate of drug-likeness (QED) is 0.142. The normalized spacial score (nSPS) is 22.8. The maximum absolute atomic E-state index is 15.3. The molecule has 1 spiro atoms. The molecular weight excluding hydrogens is 737 g/mol. The first kappa shape index (κ1) is 40.2. The predicted molar refractivity (Wildman–Crippen MR) is 223 cm³/mol. The number of rotatable bonds is 14. The van der Waals surface area contributed by atoms with E-state index >= 15 is 4.79 Å². The van der Waals surface area contributed by atoms with E-state index < -0.39 is 19.8 Å². The number of methoxy groups -OCH3 is 2. The Balaban J connectivity index is 1.24. The molecule has 12 heteroatoms. The third kappa shape index (κ3) is 7.83. The van der Waals surface area contributed by atoms with E-state index in [1.54, 1.807) is 24.0 Å². The van der Waals surface area contributed by atoms with Crippen LogP contribution in [0, 0.1) is 5.92 Å². The van der Waals surface area contributed by atoms with Gasteiger partial charge in [0.1, 0.15) is 11.5 Å². The average molecular weight is 791 g/mol. The number of hydrogen-bond donors (Lipinski definition) is 3. The highest BCUT2D eigenvalue weighted by atomic mass is 28.3. The summed E-state index contributed by atoms with van der Waals surface area (Å²) in [5.74, 6) is 0.664. The van der Waals surface area contributed by atoms with E-state index in [0.29, 0.717) is 18.0 Å². The molecule has 11 nitrogen and oxygen atoms in total. The second kappa shape index (κ2) is 16.8. The van der Waals surface area contributed by atoms with Crippen LogP contribution in [0.5, 0.6) is 11.5 Å². The zero-order chi connectivity index (χ0) is 40.3. The number of carbonyl (C=O) groups is 3. The second-order valence-electron chi connectivity index (χ2n) is 16.0. The van der Waals surface area contributed by atoms with Crippen LogP contribution in [0.15, 0.2) is 97.1 Å². The molecule has 0 bridgehead atoms. The van der Waals surface area contributed by atoms with Gasteiger partial charge in [-0.1, -0.05) is 79.8 Å². The maximum atomic E-state index is 15.3. The van der Waals surface area contributed by atoms with Crippen molar-refractivity contribution in [3.63, 3.8) is 0 Å². The van der Waals surface area contributed by atoms with Gasteiger partial charge in [-0.3, -0.25) is 14.4 Å². The molecule has 4 aromatic carbocycles. The fourth-order valence-electron chi connectivity index (χ4n) is 9.31. The van der Waals surface area contributed by atoms with Crippen LogP contribution in [0.25, 0.3) is 0 Å². The number of ether oxygens (including phenoxy) is 3. The molecule has 7 rings (SSSR count). The minimum atomic E-state index is -2.54. The molecule has 3 aliphatic heterocycles. The number of aliphatic hydroxyl groups excluding tert-OH is 1. The number of nitrogens with one attached hydrogen (secondary N) is 2.